The van der Waals surface area contributed by atoms with Crippen LogP contribution < -0.4 is 15.8 Å². The summed E-state index contributed by atoms with van der Waals surface area (Å²) in [6.45, 7) is 0.406. The highest BCUT2D eigenvalue weighted by Gasteiger charge is 2.19. The average Bonchev–Trinajstić information content (AvgIpc) is 2.78. The van der Waals surface area contributed by atoms with Gasteiger partial charge in [-0.1, -0.05) is 54.6 Å². The highest BCUT2D eigenvalue weighted by atomic mass is 16.6. The van der Waals surface area contributed by atoms with Crippen LogP contribution in [0.4, 0.5) is 5.69 Å². The summed E-state index contributed by atoms with van der Waals surface area (Å²) in [5, 5.41) is 13.5. The summed E-state index contributed by atoms with van der Waals surface area (Å²) in [7, 11) is 0. The van der Waals surface area contributed by atoms with Gasteiger partial charge in [0.25, 0.3) is 5.69 Å². The molecule has 0 saturated carbocycles. The topological polar surface area (TPSA) is 125 Å². The number of non-ortho nitro benzene ring substituents is 1. The van der Waals surface area contributed by atoms with Crippen LogP contribution in [0.2, 0.25) is 0 Å². The first-order valence-corrected chi connectivity index (χ1v) is 9.98. The standard InChI is InChI=1S/C24H23N3O5/c25-24(29)22(26-23(28)15-18-8-4-10-20(12-18)27(30)31)14-19-9-5-11-21(13-19)32-16-17-6-2-1-3-7-17/h1-13,22H,14-16H2,(H2,25,29)(H,26,28)/t22-/m1/s1. The van der Waals surface area contributed by atoms with Crippen molar-refractivity contribution in [2.24, 2.45) is 5.73 Å². The van der Waals surface area contributed by atoms with Crippen LogP contribution in [-0.4, -0.2) is 22.8 Å². The van der Waals surface area contributed by atoms with Gasteiger partial charge in [-0.3, -0.25) is 19.7 Å². The van der Waals surface area contributed by atoms with Gasteiger partial charge in [0.05, 0.1) is 11.3 Å². The van der Waals surface area contributed by atoms with Crippen molar-refractivity contribution in [2.45, 2.75) is 25.5 Å². The normalized spacial score (nSPS) is 11.4. The fourth-order valence-electron chi connectivity index (χ4n) is 3.17. The molecule has 0 heterocycles. The number of benzene rings is 3. The summed E-state index contributed by atoms with van der Waals surface area (Å²) < 4.78 is 5.81. The second-order valence-corrected chi connectivity index (χ2v) is 7.25. The minimum Gasteiger partial charge on any atom is -0.489 e. The molecule has 0 unspecified atom stereocenters. The Morgan fingerprint density at radius 3 is 2.34 bits per heavy atom. The second kappa shape index (κ2) is 10.7. The number of hydrogen-bond donors (Lipinski definition) is 2. The zero-order valence-electron chi connectivity index (χ0n) is 17.3. The van der Waals surface area contributed by atoms with Crippen molar-refractivity contribution in [1.82, 2.24) is 5.32 Å². The van der Waals surface area contributed by atoms with Gasteiger partial charge in [-0.15, -0.1) is 0 Å². The van der Waals surface area contributed by atoms with Gasteiger partial charge in [-0.25, -0.2) is 0 Å². The predicted molar refractivity (Wildman–Crippen MR) is 119 cm³/mol. The monoisotopic (exact) mass is 433 g/mol. The van der Waals surface area contributed by atoms with Gasteiger partial charge in [0.1, 0.15) is 18.4 Å². The van der Waals surface area contributed by atoms with Crippen molar-refractivity contribution in [2.75, 3.05) is 0 Å². The summed E-state index contributed by atoms with van der Waals surface area (Å²) in [6, 6.07) is 21.8. The largest absolute Gasteiger partial charge is 0.489 e. The van der Waals surface area contributed by atoms with Gasteiger partial charge in [-0.2, -0.15) is 0 Å². The van der Waals surface area contributed by atoms with E-state index in [0.717, 1.165) is 11.1 Å². The maximum atomic E-state index is 12.4. The molecule has 0 fully saturated rings. The first-order valence-electron chi connectivity index (χ1n) is 9.98. The van der Waals surface area contributed by atoms with Gasteiger partial charge in [0.15, 0.2) is 0 Å². The van der Waals surface area contributed by atoms with Gasteiger partial charge >= 0.3 is 0 Å². The van der Waals surface area contributed by atoms with Crippen molar-refractivity contribution in [1.29, 1.82) is 0 Å². The van der Waals surface area contributed by atoms with E-state index in [2.05, 4.69) is 5.32 Å². The van der Waals surface area contributed by atoms with E-state index in [1.165, 1.54) is 18.2 Å². The Balaban J connectivity index is 1.61. The number of hydrogen-bond acceptors (Lipinski definition) is 5. The minimum atomic E-state index is -0.925. The molecule has 3 aromatic carbocycles. The average molecular weight is 433 g/mol. The van der Waals surface area contributed by atoms with Crippen LogP contribution in [0.1, 0.15) is 16.7 Å². The van der Waals surface area contributed by atoms with Crippen molar-refractivity contribution in [3.8, 4) is 5.75 Å². The summed E-state index contributed by atoms with van der Waals surface area (Å²) in [6.07, 6.45) is 0.0875. The van der Waals surface area contributed by atoms with E-state index in [1.807, 2.05) is 42.5 Å². The Labute approximate surface area is 185 Å². The molecular formula is C24H23N3O5. The Morgan fingerprint density at radius 2 is 1.62 bits per heavy atom. The van der Waals surface area contributed by atoms with Crippen LogP contribution >= 0.6 is 0 Å². The molecule has 2 amide bonds. The van der Waals surface area contributed by atoms with Crippen molar-refractivity contribution < 1.29 is 19.2 Å². The lowest BCUT2D eigenvalue weighted by Gasteiger charge is -2.16. The molecule has 0 radical (unpaired) electrons. The molecule has 3 aromatic rings. The molecule has 3 rings (SSSR count). The predicted octanol–water partition coefficient (Wildman–Crippen LogP) is 2.93. The summed E-state index contributed by atoms with van der Waals surface area (Å²) in [5.41, 5.74) is 7.66. The lowest BCUT2D eigenvalue weighted by atomic mass is 10.0. The molecule has 1 atom stereocenters. The van der Waals surface area contributed by atoms with Crippen molar-refractivity contribution >= 4 is 17.5 Å². The lowest BCUT2D eigenvalue weighted by molar-refractivity contribution is -0.384. The van der Waals surface area contributed by atoms with E-state index in [-0.39, 0.29) is 18.5 Å². The van der Waals surface area contributed by atoms with Gasteiger partial charge in [-0.05, 0) is 28.8 Å². The fraction of sp³-hybridized carbons (Fsp3) is 0.167. The Hall–Kier alpha value is -4.20. The highest BCUT2D eigenvalue weighted by molar-refractivity contribution is 5.87. The molecule has 0 saturated heterocycles. The molecule has 32 heavy (non-hydrogen) atoms. The quantitative estimate of drug-likeness (QED) is 0.376. The summed E-state index contributed by atoms with van der Waals surface area (Å²) in [4.78, 5) is 34.7. The maximum absolute atomic E-state index is 12.4. The molecule has 8 heteroatoms. The van der Waals surface area contributed by atoms with Crippen molar-refractivity contribution in [3.05, 3.63) is 106 Å². The molecule has 0 aromatic heterocycles. The third-order valence-electron chi connectivity index (χ3n) is 4.75. The number of ether oxygens (including phenoxy) is 1. The molecule has 164 valence electrons. The third kappa shape index (κ3) is 6.66. The van der Waals surface area contributed by atoms with E-state index in [0.29, 0.717) is 17.9 Å². The van der Waals surface area contributed by atoms with Crippen LogP contribution in [-0.2, 0) is 29.0 Å². The molecule has 0 aliphatic heterocycles. The number of amides is 2. The summed E-state index contributed by atoms with van der Waals surface area (Å²) >= 11 is 0. The van der Waals surface area contributed by atoms with E-state index in [9.17, 15) is 19.7 Å². The van der Waals surface area contributed by atoms with E-state index in [4.69, 9.17) is 10.5 Å². The number of rotatable bonds is 10. The number of nitrogens with two attached hydrogens (primary N) is 1. The Bertz CT molecular complexity index is 1100. The zero-order chi connectivity index (χ0) is 22.9. The maximum Gasteiger partial charge on any atom is 0.269 e. The minimum absolute atomic E-state index is 0.103. The van der Waals surface area contributed by atoms with E-state index in [1.54, 1.807) is 18.2 Å². The first-order chi connectivity index (χ1) is 15.4. The summed E-state index contributed by atoms with van der Waals surface area (Å²) in [5.74, 6) is -0.490. The smallest absolute Gasteiger partial charge is 0.269 e. The molecular weight excluding hydrogens is 410 g/mol. The zero-order valence-corrected chi connectivity index (χ0v) is 17.3. The third-order valence-corrected chi connectivity index (χ3v) is 4.75. The van der Waals surface area contributed by atoms with Crippen LogP contribution in [0, 0.1) is 10.1 Å². The number of primary amides is 1. The Kier molecular flexibility index (Phi) is 7.53. The number of carbonyl (C=O) groups is 2. The molecule has 0 aliphatic rings. The first kappa shape index (κ1) is 22.5. The molecule has 0 aliphatic carbocycles. The molecule has 0 bridgehead atoms. The molecule has 8 nitrogen and oxygen atoms in total. The number of nitrogens with zero attached hydrogens (tertiary/aromatic N) is 1. The van der Waals surface area contributed by atoms with Gasteiger partial charge in [0, 0.05) is 18.6 Å². The highest BCUT2D eigenvalue weighted by Crippen LogP contribution is 2.17. The second-order valence-electron chi connectivity index (χ2n) is 7.25. The SMILES string of the molecule is NC(=O)[C@@H](Cc1cccc(OCc2ccccc2)c1)NC(=O)Cc1cccc([N+](=O)[O-])c1. The number of nitro groups is 1. The van der Waals surface area contributed by atoms with Gasteiger partial charge < -0.3 is 15.8 Å². The van der Waals surface area contributed by atoms with Gasteiger partial charge in [0.2, 0.25) is 11.8 Å². The van der Waals surface area contributed by atoms with Crippen molar-refractivity contribution in [3.63, 3.8) is 0 Å². The van der Waals surface area contributed by atoms with Crippen LogP contribution in [0.15, 0.2) is 78.9 Å². The Morgan fingerprint density at radius 1 is 0.938 bits per heavy atom. The number of nitrogens with one attached hydrogen (secondary N) is 1. The fourth-order valence-corrected chi connectivity index (χ4v) is 3.17. The molecule has 3 N–H and O–H groups in total. The van der Waals surface area contributed by atoms with Crippen LogP contribution in [0.25, 0.3) is 0 Å². The number of nitro benzene ring substituents is 1. The van der Waals surface area contributed by atoms with E-state index < -0.39 is 22.8 Å². The van der Waals surface area contributed by atoms with Crippen LogP contribution in [0.3, 0.4) is 0 Å². The van der Waals surface area contributed by atoms with Crippen LogP contribution in [0.5, 0.6) is 5.75 Å². The molecule has 0 spiro atoms. The van der Waals surface area contributed by atoms with E-state index >= 15 is 0 Å². The number of carbonyl (C=O) groups excluding carboxylic acids is 2. The lowest BCUT2D eigenvalue weighted by Crippen LogP contribution is -2.46.